The van der Waals surface area contributed by atoms with Crippen LogP contribution in [0.25, 0.3) is 0 Å². The Morgan fingerprint density at radius 3 is 2.80 bits per heavy atom. The summed E-state index contributed by atoms with van der Waals surface area (Å²) in [6.45, 7) is 3.80. The number of aromatic amines is 1. The van der Waals surface area contributed by atoms with E-state index in [1.54, 1.807) is 25.4 Å². The Bertz CT molecular complexity index is 708. The van der Waals surface area contributed by atoms with E-state index < -0.39 is 10.0 Å². The zero-order valence-electron chi connectivity index (χ0n) is 11.3. The summed E-state index contributed by atoms with van der Waals surface area (Å²) >= 11 is 0. The summed E-state index contributed by atoms with van der Waals surface area (Å²) in [4.78, 5) is 4.10. The van der Waals surface area contributed by atoms with Crippen molar-refractivity contribution in [3.8, 4) is 0 Å². The summed E-state index contributed by atoms with van der Waals surface area (Å²) in [6.07, 6.45) is 3.32. The molecule has 0 aliphatic heterocycles. The first-order valence-corrected chi connectivity index (χ1v) is 7.57. The van der Waals surface area contributed by atoms with Gasteiger partial charge in [-0.1, -0.05) is 0 Å². The molecule has 0 unspecified atom stereocenters. The molecule has 2 aromatic rings. The zero-order valence-corrected chi connectivity index (χ0v) is 12.2. The number of hydrogen-bond donors (Lipinski definition) is 3. The minimum atomic E-state index is -3.65. The molecule has 0 fully saturated rings. The molecular formula is C12H17N5O2S. The quantitative estimate of drug-likeness (QED) is 0.737. The average Bonchev–Trinajstić information content (AvgIpc) is 2.80. The van der Waals surface area contributed by atoms with Gasteiger partial charge in [-0.05, 0) is 31.0 Å². The summed E-state index contributed by atoms with van der Waals surface area (Å²) in [5.74, 6) is 0. The topological polar surface area (TPSA) is 114 Å². The number of H-pyrrole nitrogens is 1. The molecule has 0 aromatic carbocycles. The van der Waals surface area contributed by atoms with Crippen LogP contribution in [0.3, 0.4) is 0 Å². The number of sulfonamides is 1. The Morgan fingerprint density at radius 1 is 1.40 bits per heavy atom. The third-order valence-corrected chi connectivity index (χ3v) is 4.62. The van der Waals surface area contributed by atoms with Gasteiger partial charge in [0, 0.05) is 25.5 Å². The molecular weight excluding hydrogens is 278 g/mol. The molecule has 0 amide bonds. The summed E-state index contributed by atoms with van der Waals surface area (Å²) in [6, 6.07) is 1.78. The Kier molecular flexibility index (Phi) is 4.17. The Hall–Kier alpha value is -1.77. The van der Waals surface area contributed by atoms with Crippen LogP contribution >= 0.6 is 0 Å². The first kappa shape index (κ1) is 14.6. The highest BCUT2D eigenvalue weighted by molar-refractivity contribution is 7.89. The SMILES string of the molecule is Cc1cnccc1CNS(=O)(=O)c1c(CN)n[nH]c1C. The van der Waals surface area contributed by atoms with Gasteiger partial charge in [0.15, 0.2) is 0 Å². The van der Waals surface area contributed by atoms with Gasteiger partial charge in [-0.2, -0.15) is 5.10 Å². The lowest BCUT2D eigenvalue weighted by Gasteiger charge is -2.09. The Morgan fingerprint density at radius 2 is 2.15 bits per heavy atom. The molecule has 2 rings (SSSR count). The van der Waals surface area contributed by atoms with E-state index in [1.807, 2.05) is 6.92 Å². The van der Waals surface area contributed by atoms with Crippen molar-refractivity contribution in [2.75, 3.05) is 0 Å². The van der Waals surface area contributed by atoms with Crippen molar-refractivity contribution in [1.29, 1.82) is 0 Å². The molecule has 108 valence electrons. The maximum atomic E-state index is 12.3. The van der Waals surface area contributed by atoms with Gasteiger partial charge in [0.05, 0.1) is 11.4 Å². The number of pyridine rings is 1. The van der Waals surface area contributed by atoms with Crippen LogP contribution in [0.1, 0.15) is 22.5 Å². The summed E-state index contributed by atoms with van der Waals surface area (Å²) in [5, 5.41) is 6.54. The van der Waals surface area contributed by atoms with Crippen molar-refractivity contribution in [2.45, 2.75) is 31.8 Å². The number of nitrogens with two attached hydrogens (primary N) is 1. The molecule has 4 N–H and O–H groups in total. The average molecular weight is 295 g/mol. The van der Waals surface area contributed by atoms with Gasteiger partial charge in [0.1, 0.15) is 4.90 Å². The van der Waals surface area contributed by atoms with Crippen molar-refractivity contribution >= 4 is 10.0 Å². The van der Waals surface area contributed by atoms with Crippen LogP contribution in [-0.2, 0) is 23.1 Å². The predicted octanol–water partition coefficient (Wildman–Crippen LogP) is 0.359. The van der Waals surface area contributed by atoms with E-state index in [0.717, 1.165) is 11.1 Å². The Balaban J connectivity index is 2.24. The summed E-state index contributed by atoms with van der Waals surface area (Å²) < 4.78 is 27.2. The molecule has 2 heterocycles. The number of aryl methyl sites for hydroxylation is 2. The van der Waals surface area contributed by atoms with E-state index >= 15 is 0 Å². The van der Waals surface area contributed by atoms with Crippen LogP contribution in [0.5, 0.6) is 0 Å². The first-order valence-electron chi connectivity index (χ1n) is 6.08. The van der Waals surface area contributed by atoms with Crippen molar-refractivity contribution in [3.05, 3.63) is 41.0 Å². The van der Waals surface area contributed by atoms with Crippen molar-refractivity contribution < 1.29 is 8.42 Å². The molecule has 0 saturated heterocycles. The second-order valence-electron chi connectivity index (χ2n) is 4.46. The molecule has 0 bridgehead atoms. The highest BCUT2D eigenvalue weighted by atomic mass is 32.2. The van der Waals surface area contributed by atoms with Crippen LogP contribution < -0.4 is 10.5 Å². The standard InChI is InChI=1S/C12H17N5O2S/c1-8-6-14-4-3-10(8)7-15-20(18,19)12-9(2)16-17-11(12)5-13/h3-4,6,15H,5,7,13H2,1-2H3,(H,16,17). The number of aromatic nitrogens is 3. The van der Waals surface area contributed by atoms with Crippen molar-refractivity contribution in [3.63, 3.8) is 0 Å². The molecule has 8 heteroatoms. The van der Waals surface area contributed by atoms with E-state index in [1.165, 1.54) is 0 Å². The predicted molar refractivity (Wildman–Crippen MR) is 74.2 cm³/mol. The molecule has 7 nitrogen and oxygen atoms in total. The smallest absolute Gasteiger partial charge is 0.244 e. The van der Waals surface area contributed by atoms with Gasteiger partial charge in [0.25, 0.3) is 0 Å². The minimum Gasteiger partial charge on any atom is -0.325 e. The fourth-order valence-corrected chi connectivity index (χ4v) is 3.29. The Labute approximate surface area is 117 Å². The maximum Gasteiger partial charge on any atom is 0.244 e. The minimum absolute atomic E-state index is 0.0644. The van der Waals surface area contributed by atoms with Gasteiger partial charge >= 0.3 is 0 Å². The normalized spacial score (nSPS) is 11.8. The lowest BCUT2D eigenvalue weighted by atomic mass is 10.2. The second-order valence-corrected chi connectivity index (χ2v) is 6.16. The van der Waals surface area contributed by atoms with E-state index in [-0.39, 0.29) is 18.0 Å². The van der Waals surface area contributed by atoms with Gasteiger partial charge in [-0.3, -0.25) is 10.1 Å². The van der Waals surface area contributed by atoms with Crippen LogP contribution in [-0.4, -0.2) is 23.6 Å². The highest BCUT2D eigenvalue weighted by Gasteiger charge is 2.23. The third-order valence-electron chi connectivity index (χ3n) is 3.01. The van der Waals surface area contributed by atoms with Gasteiger partial charge in [0.2, 0.25) is 10.0 Å². The summed E-state index contributed by atoms with van der Waals surface area (Å²) in [5.41, 5.74) is 8.12. The molecule has 0 radical (unpaired) electrons. The van der Waals surface area contributed by atoms with Crippen molar-refractivity contribution in [2.24, 2.45) is 5.73 Å². The fraction of sp³-hybridized carbons (Fsp3) is 0.333. The molecule has 0 spiro atoms. The number of hydrogen-bond acceptors (Lipinski definition) is 5. The van der Waals surface area contributed by atoms with Crippen LogP contribution in [0.15, 0.2) is 23.4 Å². The van der Waals surface area contributed by atoms with Crippen molar-refractivity contribution in [1.82, 2.24) is 19.9 Å². The van der Waals surface area contributed by atoms with Gasteiger partial charge < -0.3 is 5.73 Å². The monoisotopic (exact) mass is 295 g/mol. The van der Waals surface area contributed by atoms with E-state index in [9.17, 15) is 8.42 Å². The van der Waals surface area contributed by atoms with Crippen LogP contribution in [0.2, 0.25) is 0 Å². The van der Waals surface area contributed by atoms with Crippen LogP contribution in [0.4, 0.5) is 0 Å². The number of rotatable bonds is 5. The summed E-state index contributed by atoms with van der Waals surface area (Å²) in [7, 11) is -3.65. The van der Waals surface area contributed by atoms with Crippen LogP contribution in [0, 0.1) is 13.8 Å². The molecule has 0 atom stereocenters. The molecule has 2 aromatic heterocycles. The number of nitrogens with zero attached hydrogens (tertiary/aromatic N) is 2. The van der Waals surface area contributed by atoms with Gasteiger partial charge in [-0.25, -0.2) is 13.1 Å². The molecule has 0 aliphatic carbocycles. The largest absolute Gasteiger partial charge is 0.325 e. The molecule has 0 aliphatic rings. The van der Waals surface area contributed by atoms with E-state index in [0.29, 0.717) is 11.4 Å². The van der Waals surface area contributed by atoms with E-state index in [4.69, 9.17) is 5.73 Å². The van der Waals surface area contributed by atoms with E-state index in [2.05, 4.69) is 19.9 Å². The lowest BCUT2D eigenvalue weighted by Crippen LogP contribution is -2.25. The maximum absolute atomic E-state index is 12.3. The zero-order chi connectivity index (χ0) is 14.8. The molecule has 0 saturated carbocycles. The lowest BCUT2D eigenvalue weighted by molar-refractivity contribution is 0.579. The highest BCUT2D eigenvalue weighted by Crippen LogP contribution is 2.17. The number of nitrogens with one attached hydrogen (secondary N) is 2. The fourth-order valence-electron chi connectivity index (χ4n) is 1.91. The molecule has 20 heavy (non-hydrogen) atoms. The third kappa shape index (κ3) is 2.87. The van der Waals surface area contributed by atoms with Gasteiger partial charge in [-0.15, -0.1) is 0 Å². The first-order chi connectivity index (χ1) is 9.45. The second kappa shape index (κ2) is 5.70.